The molecule has 2 aromatic rings. The number of aryl methyl sites for hydroxylation is 1. The minimum atomic E-state index is 0.0406. The van der Waals surface area contributed by atoms with Gasteiger partial charge in [0.15, 0.2) is 5.12 Å². The second-order valence-electron chi connectivity index (χ2n) is 8.54. The lowest BCUT2D eigenvalue weighted by atomic mass is 10.1. The van der Waals surface area contributed by atoms with E-state index in [9.17, 15) is 9.59 Å². The lowest BCUT2D eigenvalue weighted by Crippen LogP contribution is -2.25. The van der Waals surface area contributed by atoms with E-state index in [1.807, 2.05) is 29.7 Å². The van der Waals surface area contributed by atoms with Crippen LogP contribution >= 0.6 is 11.8 Å². The number of fused-ring (bicyclic) bond motifs is 1. The zero-order valence-electron chi connectivity index (χ0n) is 20.5. The minimum Gasteiger partial charge on any atom is -0.496 e. The van der Waals surface area contributed by atoms with E-state index in [2.05, 4.69) is 25.8 Å². The highest BCUT2D eigenvalue weighted by atomic mass is 32.2. The number of carbonyl (C=O) groups excluding carboxylic acids is 1. The Morgan fingerprint density at radius 1 is 1.16 bits per heavy atom. The van der Waals surface area contributed by atoms with Crippen molar-refractivity contribution in [3.05, 3.63) is 34.6 Å². The molecule has 0 aliphatic rings. The minimum absolute atomic E-state index is 0.0406. The van der Waals surface area contributed by atoms with E-state index >= 15 is 0 Å². The number of methoxy groups -OCH3 is 1. The molecule has 0 aliphatic carbocycles. The molecule has 1 unspecified atom stereocenters. The number of unbranched alkanes of at least 4 members (excludes halogenated alkanes) is 4. The zero-order chi connectivity index (χ0) is 23.5. The molecule has 178 valence electrons. The van der Waals surface area contributed by atoms with Gasteiger partial charge in [-0.2, -0.15) is 0 Å². The van der Waals surface area contributed by atoms with Crippen molar-refractivity contribution in [2.45, 2.75) is 72.3 Å². The summed E-state index contributed by atoms with van der Waals surface area (Å²) in [6.07, 6.45) is 7.49. The Kier molecular flexibility index (Phi) is 11.1. The van der Waals surface area contributed by atoms with Crippen LogP contribution in [0.4, 0.5) is 5.69 Å². The number of hydrogen-bond acceptors (Lipinski definition) is 5. The van der Waals surface area contributed by atoms with Crippen LogP contribution in [0.25, 0.3) is 10.9 Å². The van der Waals surface area contributed by atoms with Crippen LogP contribution in [0, 0.1) is 5.92 Å². The Labute approximate surface area is 197 Å². The van der Waals surface area contributed by atoms with E-state index < -0.39 is 0 Å². The van der Waals surface area contributed by atoms with Gasteiger partial charge in [-0.15, -0.1) is 0 Å². The second kappa shape index (κ2) is 13.6. The fourth-order valence-electron chi connectivity index (χ4n) is 3.90. The third-order valence-electron chi connectivity index (χ3n) is 6.05. The quantitative estimate of drug-likeness (QED) is 0.318. The van der Waals surface area contributed by atoms with Crippen LogP contribution in [-0.2, 0) is 11.3 Å². The van der Waals surface area contributed by atoms with Crippen molar-refractivity contribution in [3.8, 4) is 5.75 Å². The van der Waals surface area contributed by atoms with Crippen LogP contribution in [0.3, 0.4) is 0 Å². The number of rotatable bonds is 14. The van der Waals surface area contributed by atoms with Crippen molar-refractivity contribution in [2.24, 2.45) is 5.92 Å². The molecule has 32 heavy (non-hydrogen) atoms. The smallest absolute Gasteiger partial charge is 0.253 e. The molecule has 0 spiro atoms. The van der Waals surface area contributed by atoms with Gasteiger partial charge in [0, 0.05) is 37.9 Å². The number of nitrogens with zero attached hydrogens (tertiary/aromatic N) is 2. The molecular formula is C26H40N2O3S. The van der Waals surface area contributed by atoms with Crippen LogP contribution in [0.15, 0.2) is 29.1 Å². The van der Waals surface area contributed by atoms with Gasteiger partial charge in [-0.25, -0.2) is 0 Å². The maximum absolute atomic E-state index is 12.8. The van der Waals surface area contributed by atoms with Crippen LogP contribution in [-0.4, -0.2) is 36.1 Å². The summed E-state index contributed by atoms with van der Waals surface area (Å²) in [7, 11) is 3.74. The van der Waals surface area contributed by atoms with Crippen LogP contribution in [0.2, 0.25) is 0 Å². The Morgan fingerprint density at radius 2 is 1.88 bits per heavy atom. The molecule has 0 bridgehead atoms. The number of aromatic nitrogens is 1. The Hall–Kier alpha value is -1.95. The number of hydrogen-bond donors (Lipinski definition) is 0. The molecule has 1 atom stereocenters. The van der Waals surface area contributed by atoms with E-state index in [0.29, 0.717) is 11.7 Å². The first-order valence-corrected chi connectivity index (χ1v) is 13.0. The molecule has 0 radical (unpaired) electrons. The lowest BCUT2D eigenvalue weighted by molar-refractivity contribution is -0.113. The third kappa shape index (κ3) is 7.03. The van der Waals surface area contributed by atoms with E-state index in [0.717, 1.165) is 73.2 Å². The van der Waals surface area contributed by atoms with Crippen molar-refractivity contribution in [2.75, 3.05) is 31.4 Å². The van der Waals surface area contributed by atoms with Crippen LogP contribution in [0.1, 0.15) is 65.7 Å². The fourth-order valence-corrected chi connectivity index (χ4v) is 4.90. The van der Waals surface area contributed by atoms with Gasteiger partial charge >= 0.3 is 0 Å². The summed E-state index contributed by atoms with van der Waals surface area (Å²) in [5.74, 6) is 1.91. The summed E-state index contributed by atoms with van der Waals surface area (Å²) >= 11 is 1.49. The number of thioether (sulfide) groups is 1. The molecular weight excluding hydrogens is 420 g/mol. The van der Waals surface area contributed by atoms with Gasteiger partial charge in [0.1, 0.15) is 5.75 Å². The predicted molar refractivity (Wildman–Crippen MR) is 138 cm³/mol. The highest BCUT2D eigenvalue weighted by molar-refractivity contribution is 8.13. The highest BCUT2D eigenvalue weighted by Gasteiger charge is 2.15. The number of pyridine rings is 1. The molecule has 0 fully saturated rings. The van der Waals surface area contributed by atoms with Crippen LogP contribution in [0.5, 0.6) is 5.75 Å². The molecule has 5 nitrogen and oxygen atoms in total. The van der Waals surface area contributed by atoms with Gasteiger partial charge in [0.25, 0.3) is 5.56 Å². The maximum Gasteiger partial charge on any atom is 0.253 e. The molecule has 2 rings (SSSR count). The average Bonchev–Trinajstić information content (AvgIpc) is 2.80. The first kappa shape index (κ1) is 26.3. The number of benzene rings is 1. The van der Waals surface area contributed by atoms with E-state index in [4.69, 9.17) is 4.74 Å². The first-order chi connectivity index (χ1) is 15.4. The highest BCUT2D eigenvalue weighted by Crippen LogP contribution is 2.33. The third-order valence-corrected chi connectivity index (χ3v) is 7.23. The molecule has 0 N–H and O–H groups in total. The second-order valence-corrected chi connectivity index (χ2v) is 9.64. The van der Waals surface area contributed by atoms with Crippen molar-refractivity contribution in [3.63, 3.8) is 0 Å². The summed E-state index contributed by atoms with van der Waals surface area (Å²) in [5.41, 5.74) is 1.92. The SMILES string of the molecule is CCCn1c(=O)cc(N(C)CCCCCCCSC(=O)C(C)CC)c2c(OC)cccc21. The molecule has 0 saturated heterocycles. The zero-order valence-corrected chi connectivity index (χ0v) is 21.3. The van der Waals surface area contributed by atoms with Crippen molar-refractivity contribution in [1.82, 2.24) is 4.57 Å². The van der Waals surface area contributed by atoms with Crippen molar-refractivity contribution in [1.29, 1.82) is 0 Å². The molecule has 0 saturated carbocycles. The molecule has 0 amide bonds. The predicted octanol–water partition coefficient (Wildman–Crippen LogP) is 6.11. The van der Waals surface area contributed by atoms with Gasteiger partial charge in [-0.1, -0.05) is 57.9 Å². The van der Waals surface area contributed by atoms with Crippen LogP contribution < -0.4 is 15.2 Å². The molecule has 6 heteroatoms. The standard InChI is InChI=1S/C26H40N2O3S/c1-6-16-28-21-14-13-15-23(31-5)25(21)22(19-24(28)29)27(4)17-11-9-8-10-12-18-32-26(30)20(3)7-2/h13-15,19-20H,6-12,16-18H2,1-5H3. The van der Waals surface area contributed by atoms with E-state index in [-0.39, 0.29) is 11.5 Å². The fraction of sp³-hybridized carbons (Fsp3) is 0.615. The Morgan fingerprint density at radius 3 is 2.56 bits per heavy atom. The van der Waals surface area contributed by atoms with Crippen molar-refractivity contribution >= 4 is 33.5 Å². The lowest BCUT2D eigenvalue weighted by Gasteiger charge is -2.23. The van der Waals surface area contributed by atoms with Gasteiger partial charge < -0.3 is 14.2 Å². The summed E-state index contributed by atoms with van der Waals surface area (Å²) in [4.78, 5) is 26.9. The number of anilines is 1. The Bertz CT molecular complexity index is 925. The van der Waals surface area contributed by atoms with Gasteiger partial charge in [-0.3, -0.25) is 9.59 Å². The largest absolute Gasteiger partial charge is 0.496 e. The van der Waals surface area contributed by atoms with E-state index in [1.54, 1.807) is 13.2 Å². The number of carbonyl (C=O) groups is 1. The average molecular weight is 461 g/mol. The van der Waals surface area contributed by atoms with Gasteiger partial charge in [-0.05, 0) is 37.8 Å². The number of ether oxygens (including phenoxy) is 1. The Balaban J connectivity index is 1.91. The monoisotopic (exact) mass is 460 g/mol. The van der Waals surface area contributed by atoms with Crippen molar-refractivity contribution < 1.29 is 9.53 Å². The van der Waals surface area contributed by atoms with Gasteiger partial charge in [0.05, 0.1) is 23.7 Å². The molecule has 1 heterocycles. The molecule has 1 aromatic carbocycles. The molecule has 0 aliphatic heterocycles. The van der Waals surface area contributed by atoms with E-state index in [1.165, 1.54) is 18.2 Å². The summed E-state index contributed by atoms with van der Waals surface area (Å²) in [6.45, 7) is 7.76. The summed E-state index contributed by atoms with van der Waals surface area (Å²) < 4.78 is 7.49. The maximum atomic E-state index is 12.8. The normalized spacial score (nSPS) is 12.2. The summed E-state index contributed by atoms with van der Waals surface area (Å²) in [6, 6.07) is 7.68. The first-order valence-electron chi connectivity index (χ1n) is 12.0. The van der Waals surface area contributed by atoms with Gasteiger partial charge in [0.2, 0.25) is 0 Å². The molecule has 1 aromatic heterocycles. The topological polar surface area (TPSA) is 51.5 Å². The summed E-state index contributed by atoms with van der Waals surface area (Å²) in [5, 5.41) is 1.34.